The van der Waals surface area contributed by atoms with Crippen molar-refractivity contribution in [3.63, 3.8) is 0 Å². The maximum atomic E-state index is 12.5. The Morgan fingerprint density at radius 2 is 1.91 bits per heavy atom. The minimum atomic E-state index is -0.299. The maximum absolute atomic E-state index is 12.5. The minimum absolute atomic E-state index is 0.122. The first-order valence-electron chi connectivity index (χ1n) is 10.8. The molecule has 4 rings (SSSR count). The molecule has 0 saturated heterocycles. The fourth-order valence-electron chi connectivity index (χ4n) is 3.24. The summed E-state index contributed by atoms with van der Waals surface area (Å²) in [5.41, 5.74) is 4.62. The smallest absolute Gasteiger partial charge is 0.257 e. The molecule has 0 aliphatic carbocycles. The van der Waals surface area contributed by atoms with E-state index in [9.17, 15) is 4.79 Å². The van der Waals surface area contributed by atoms with Crippen LogP contribution in [0.2, 0.25) is 0 Å². The standard InChI is InChI=1S/C26H25N3O3S/c1-4-17(3)31-21-11-8-18(9-12-21)24(30)29-26(33)27-20-10-13-23-22(15-20)28-25(32-23)19-7-5-6-16(2)14-19/h5-15,17H,4H2,1-3H3,(H2,27,29,30,33)/t17-/m0/s1. The van der Waals surface area contributed by atoms with Gasteiger partial charge in [-0.05, 0) is 87.1 Å². The molecule has 0 unspecified atom stereocenters. The number of rotatable bonds is 6. The van der Waals surface area contributed by atoms with Crippen LogP contribution in [0, 0.1) is 6.92 Å². The van der Waals surface area contributed by atoms with E-state index in [1.54, 1.807) is 24.3 Å². The number of aromatic nitrogens is 1. The second-order valence-corrected chi connectivity index (χ2v) is 8.25. The molecule has 2 N–H and O–H groups in total. The number of anilines is 1. The van der Waals surface area contributed by atoms with E-state index in [-0.39, 0.29) is 17.1 Å². The van der Waals surface area contributed by atoms with Crippen LogP contribution in [-0.2, 0) is 0 Å². The van der Waals surface area contributed by atoms with Gasteiger partial charge in [-0.3, -0.25) is 10.1 Å². The van der Waals surface area contributed by atoms with Crippen LogP contribution in [0.4, 0.5) is 5.69 Å². The summed E-state index contributed by atoms with van der Waals surface area (Å²) < 4.78 is 11.6. The van der Waals surface area contributed by atoms with E-state index < -0.39 is 0 Å². The highest BCUT2D eigenvalue weighted by atomic mass is 32.1. The van der Waals surface area contributed by atoms with E-state index in [0.717, 1.165) is 23.3 Å². The Labute approximate surface area is 198 Å². The molecule has 3 aromatic carbocycles. The summed E-state index contributed by atoms with van der Waals surface area (Å²) in [4.78, 5) is 17.1. The van der Waals surface area contributed by atoms with Crippen LogP contribution in [-0.4, -0.2) is 22.1 Å². The minimum Gasteiger partial charge on any atom is -0.491 e. The third kappa shape index (κ3) is 5.56. The van der Waals surface area contributed by atoms with Gasteiger partial charge in [-0.25, -0.2) is 4.98 Å². The second kappa shape index (κ2) is 9.83. The van der Waals surface area contributed by atoms with E-state index in [1.165, 1.54) is 0 Å². The zero-order chi connectivity index (χ0) is 23.4. The molecule has 1 atom stereocenters. The van der Waals surface area contributed by atoms with Crippen LogP contribution in [0.3, 0.4) is 0 Å². The SMILES string of the molecule is CC[C@H](C)Oc1ccc(C(=O)NC(=S)Nc2ccc3oc(-c4cccc(C)c4)nc3c2)cc1. The molecule has 7 heteroatoms. The van der Waals surface area contributed by atoms with Crippen molar-refractivity contribution in [1.82, 2.24) is 10.3 Å². The Kier molecular flexibility index (Phi) is 6.70. The van der Waals surface area contributed by atoms with Crippen molar-refractivity contribution in [1.29, 1.82) is 0 Å². The van der Waals surface area contributed by atoms with Crippen molar-refractivity contribution >= 4 is 40.0 Å². The van der Waals surface area contributed by atoms with Gasteiger partial charge in [0.15, 0.2) is 10.7 Å². The van der Waals surface area contributed by atoms with E-state index in [4.69, 9.17) is 21.4 Å². The molecule has 0 aliphatic heterocycles. The third-order valence-corrected chi connectivity index (χ3v) is 5.37. The predicted molar refractivity (Wildman–Crippen MR) is 135 cm³/mol. The number of amides is 1. The summed E-state index contributed by atoms with van der Waals surface area (Å²) in [6.07, 6.45) is 1.03. The monoisotopic (exact) mass is 459 g/mol. The number of thiocarbonyl (C=S) groups is 1. The molecule has 1 amide bonds. The number of nitrogens with zero attached hydrogens (tertiary/aromatic N) is 1. The molecular weight excluding hydrogens is 434 g/mol. The van der Waals surface area contributed by atoms with Gasteiger partial charge in [-0.1, -0.05) is 24.6 Å². The number of ether oxygens (including phenoxy) is 1. The van der Waals surface area contributed by atoms with Crippen molar-refractivity contribution in [3.05, 3.63) is 77.9 Å². The van der Waals surface area contributed by atoms with Crippen molar-refractivity contribution in [2.75, 3.05) is 5.32 Å². The number of hydrogen-bond acceptors (Lipinski definition) is 5. The maximum Gasteiger partial charge on any atom is 0.257 e. The summed E-state index contributed by atoms with van der Waals surface area (Å²) in [6.45, 7) is 6.09. The van der Waals surface area contributed by atoms with Crippen molar-refractivity contribution < 1.29 is 13.9 Å². The highest BCUT2D eigenvalue weighted by Crippen LogP contribution is 2.26. The Morgan fingerprint density at radius 1 is 1.12 bits per heavy atom. The molecule has 168 valence electrons. The lowest BCUT2D eigenvalue weighted by atomic mass is 10.1. The van der Waals surface area contributed by atoms with E-state index >= 15 is 0 Å². The first-order valence-corrected chi connectivity index (χ1v) is 11.2. The molecule has 1 heterocycles. The van der Waals surface area contributed by atoms with Gasteiger partial charge in [0.1, 0.15) is 11.3 Å². The fraction of sp³-hybridized carbons (Fsp3) is 0.192. The number of benzene rings is 3. The number of nitrogens with one attached hydrogen (secondary N) is 2. The van der Waals surface area contributed by atoms with Gasteiger partial charge in [0.05, 0.1) is 6.10 Å². The predicted octanol–water partition coefficient (Wildman–Crippen LogP) is 6.11. The van der Waals surface area contributed by atoms with Gasteiger partial charge in [0.25, 0.3) is 5.91 Å². The Morgan fingerprint density at radius 3 is 2.64 bits per heavy atom. The summed E-state index contributed by atoms with van der Waals surface area (Å²) in [5.74, 6) is 0.988. The van der Waals surface area contributed by atoms with E-state index in [0.29, 0.717) is 28.2 Å². The Balaban J connectivity index is 1.40. The Bertz CT molecular complexity index is 1300. The Hall–Kier alpha value is -3.71. The molecule has 1 aromatic heterocycles. The quantitative estimate of drug-likeness (QED) is 0.339. The molecular formula is C26H25N3O3S. The van der Waals surface area contributed by atoms with E-state index in [2.05, 4.69) is 22.5 Å². The van der Waals surface area contributed by atoms with Crippen LogP contribution in [0.25, 0.3) is 22.6 Å². The number of aryl methyl sites for hydroxylation is 1. The first-order chi connectivity index (χ1) is 15.9. The molecule has 0 radical (unpaired) electrons. The molecule has 4 aromatic rings. The van der Waals surface area contributed by atoms with Gasteiger partial charge < -0.3 is 14.5 Å². The normalized spacial score (nSPS) is 11.7. The third-order valence-electron chi connectivity index (χ3n) is 5.17. The average molecular weight is 460 g/mol. The van der Waals surface area contributed by atoms with Crippen molar-refractivity contribution in [2.45, 2.75) is 33.3 Å². The molecule has 0 saturated carbocycles. The topological polar surface area (TPSA) is 76.4 Å². The lowest BCUT2D eigenvalue weighted by Crippen LogP contribution is -2.34. The summed E-state index contributed by atoms with van der Waals surface area (Å²) in [7, 11) is 0. The number of carbonyl (C=O) groups is 1. The lowest BCUT2D eigenvalue weighted by molar-refractivity contribution is 0.0977. The number of fused-ring (bicyclic) bond motifs is 1. The molecule has 0 bridgehead atoms. The van der Waals surface area contributed by atoms with Crippen LogP contribution < -0.4 is 15.4 Å². The average Bonchev–Trinajstić information content (AvgIpc) is 3.23. The number of carbonyl (C=O) groups excluding carboxylic acids is 1. The molecule has 0 spiro atoms. The van der Waals surface area contributed by atoms with Crippen LogP contribution >= 0.6 is 12.2 Å². The van der Waals surface area contributed by atoms with Crippen LogP contribution in [0.1, 0.15) is 36.2 Å². The second-order valence-electron chi connectivity index (χ2n) is 7.84. The molecule has 0 aliphatic rings. The zero-order valence-corrected chi connectivity index (χ0v) is 19.5. The molecule has 0 fully saturated rings. The zero-order valence-electron chi connectivity index (χ0n) is 18.7. The van der Waals surface area contributed by atoms with Gasteiger partial charge >= 0.3 is 0 Å². The van der Waals surface area contributed by atoms with Gasteiger partial charge in [0.2, 0.25) is 5.89 Å². The number of oxazole rings is 1. The summed E-state index contributed by atoms with van der Waals surface area (Å²) >= 11 is 5.32. The van der Waals surface area contributed by atoms with Crippen LogP contribution in [0.15, 0.2) is 71.1 Å². The summed E-state index contributed by atoms with van der Waals surface area (Å²) in [6, 6.07) is 20.5. The molecule has 33 heavy (non-hydrogen) atoms. The van der Waals surface area contributed by atoms with Gasteiger partial charge in [-0.2, -0.15) is 0 Å². The largest absolute Gasteiger partial charge is 0.491 e. The fourth-order valence-corrected chi connectivity index (χ4v) is 3.46. The van der Waals surface area contributed by atoms with Crippen LogP contribution in [0.5, 0.6) is 5.75 Å². The highest BCUT2D eigenvalue weighted by Gasteiger charge is 2.12. The van der Waals surface area contributed by atoms with Crippen molar-refractivity contribution in [3.8, 4) is 17.2 Å². The summed E-state index contributed by atoms with van der Waals surface area (Å²) in [5, 5.41) is 5.93. The molecule has 6 nitrogen and oxygen atoms in total. The number of hydrogen-bond donors (Lipinski definition) is 2. The van der Waals surface area contributed by atoms with Crippen molar-refractivity contribution in [2.24, 2.45) is 0 Å². The lowest BCUT2D eigenvalue weighted by Gasteiger charge is -2.13. The van der Waals surface area contributed by atoms with Gasteiger partial charge in [0, 0.05) is 16.8 Å². The van der Waals surface area contributed by atoms with E-state index in [1.807, 2.05) is 56.3 Å². The highest BCUT2D eigenvalue weighted by molar-refractivity contribution is 7.80. The first kappa shape index (κ1) is 22.5. The van der Waals surface area contributed by atoms with Gasteiger partial charge in [-0.15, -0.1) is 0 Å².